The van der Waals surface area contributed by atoms with Crippen LogP contribution >= 0.6 is 0 Å². The van der Waals surface area contributed by atoms with Crippen LogP contribution in [0, 0.1) is 0 Å². The van der Waals surface area contributed by atoms with Crippen LogP contribution in [0.2, 0.25) is 0 Å². The summed E-state index contributed by atoms with van der Waals surface area (Å²) in [5.41, 5.74) is 6.45. The normalized spacial score (nSPS) is 10.7. The first-order valence-corrected chi connectivity index (χ1v) is 5.01. The van der Waals surface area contributed by atoms with E-state index in [4.69, 9.17) is 5.73 Å². The SMILES string of the molecule is CN(C)CCN(C)c1nccnc1CN. The van der Waals surface area contributed by atoms with E-state index in [2.05, 4.69) is 19.8 Å². The number of likely N-dealkylation sites (N-methyl/N-ethyl adjacent to an activating group) is 2. The van der Waals surface area contributed by atoms with Crippen molar-refractivity contribution < 1.29 is 0 Å². The van der Waals surface area contributed by atoms with Crippen molar-refractivity contribution in [3.05, 3.63) is 18.1 Å². The number of nitrogens with two attached hydrogens (primary N) is 1. The third-order valence-electron chi connectivity index (χ3n) is 2.19. The zero-order valence-corrected chi connectivity index (χ0v) is 9.64. The number of hydrogen-bond acceptors (Lipinski definition) is 5. The predicted molar refractivity (Wildman–Crippen MR) is 61.7 cm³/mol. The minimum Gasteiger partial charge on any atom is -0.357 e. The summed E-state index contributed by atoms with van der Waals surface area (Å²) in [6.07, 6.45) is 3.37. The van der Waals surface area contributed by atoms with Gasteiger partial charge in [-0.25, -0.2) is 4.98 Å². The van der Waals surface area contributed by atoms with Gasteiger partial charge in [-0.3, -0.25) is 4.98 Å². The highest BCUT2D eigenvalue weighted by molar-refractivity contribution is 5.41. The summed E-state index contributed by atoms with van der Waals surface area (Å²) >= 11 is 0. The van der Waals surface area contributed by atoms with Crippen molar-refractivity contribution in [3.8, 4) is 0 Å². The first-order valence-electron chi connectivity index (χ1n) is 5.01. The largest absolute Gasteiger partial charge is 0.357 e. The van der Waals surface area contributed by atoms with Gasteiger partial charge in [0.1, 0.15) is 0 Å². The smallest absolute Gasteiger partial charge is 0.151 e. The van der Waals surface area contributed by atoms with Crippen molar-refractivity contribution in [1.82, 2.24) is 14.9 Å². The van der Waals surface area contributed by atoms with Crippen LogP contribution in [-0.2, 0) is 6.54 Å². The van der Waals surface area contributed by atoms with E-state index in [1.807, 2.05) is 21.1 Å². The van der Waals surface area contributed by atoms with E-state index < -0.39 is 0 Å². The Morgan fingerprint density at radius 1 is 1.13 bits per heavy atom. The molecule has 0 radical (unpaired) electrons. The van der Waals surface area contributed by atoms with Gasteiger partial charge in [0.05, 0.1) is 5.69 Å². The molecule has 0 atom stereocenters. The quantitative estimate of drug-likeness (QED) is 0.736. The summed E-state index contributed by atoms with van der Waals surface area (Å²) in [7, 11) is 6.11. The average Bonchev–Trinajstić information content (AvgIpc) is 2.25. The average molecular weight is 209 g/mol. The second-order valence-corrected chi connectivity index (χ2v) is 3.76. The topological polar surface area (TPSA) is 58.3 Å². The summed E-state index contributed by atoms with van der Waals surface area (Å²) in [6, 6.07) is 0. The van der Waals surface area contributed by atoms with E-state index in [1.54, 1.807) is 12.4 Å². The van der Waals surface area contributed by atoms with E-state index >= 15 is 0 Å². The van der Waals surface area contributed by atoms with Gasteiger partial charge in [0.2, 0.25) is 0 Å². The van der Waals surface area contributed by atoms with Gasteiger partial charge in [-0.1, -0.05) is 0 Å². The van der Waals surface area contributed by atoms with E-state index in [0.29, 0.717) is 6.54 Å². The second kappa shape index (κ2) is 5.63. The molecule has 0 aliphatic rings. The highest BCUT2D eigenvalue weighted by Gasteiger charge is 2.08. The van der Waals surface area contributed by atoms with Crippen molar-refractivity contribution in [3.63, 3.8) is 0 Å². The lowest BCUT2D eigenvalue weighted by Crippen LogP contribution is -2.30. The van der Waals surface area contributed by atoms with Crippen molar-refractivity contribution in [1.29, 1.82) is 0 Å². The molecule has 0 saturated heterocycles. The van der Waals surface area contributed by atoms with Crippen molar-refractivity contribution >= 4 is 5.82 Å². The first kappa shape index (κ1) is 11.9. The molecule has 0 aliphatic heterocycles. The van der Waals surface area contributed by atoms with Crippen molar-refractivity contribution in [2.24, 2.45) is 5.73 Å². The maximum absolute atomic E-state index is 5.60. The molecule has 15 heavy (non-hydrogen) atoms. The van der Waals surface area contributed by atoms with Crippen LogP contribution < -0.4 is 10.6 Å². The molecule has 1 rings (SSSR count). The van der Waals surface area contributed by atoms with Crippen LogP contribution in [0.3, 0.4) is 0 Å². The van der Waals surface area contributed by atoms with E-state index in [0.717, 1.165) is 24.6 Å². The van der Waals surface area contributed by atoms with E-state index in [1.165, 1.54) is 0 Å². The summed E-state index contributed by atoms with van der Waals surface area (Å²) < 4.78 is 0. The maximum atomic E-state index is 5.60. The highest BCUT2D eigenvalue weighted by Crippen LogP contribution is 2.11. The van der Waals surface area contributed by atoms with Gasteiger partial charge >= 0.3 is 0 Å². The van der Waals surface area contributed by atoms with Crippen LogP contribution in [0.5, 0.6) is 0 Å². The number of rotatable bonds is 5. The Labute approximate surface area is 90.9 Å². The molecule has 0 unspecified atom stereocenters. The van der Waals surface area contributed by atoms with Gasteiger partial charge in [-0.05, 0) is 14.1 Å². The Balaban J connectivity index is 2.68. The Morgan fingerprint density at radius 2 is 1.80 bits per heavy atom. The summed E-state index contributed by atoms with van der Waals surface area (Å²) in [5, 5.41) is 0. The molecule has 0 saturated carbocycles. The second-order valence-electron chi connectivity index (χ2n) is 3.76. The first-order chi connectivity index (χ1) is 7.15. The molecule has 5 nitrogen and oxygen atoms in total. The number of anilines is 1. The standard InChI is InChI=1S/C10H19N5/c1-14(2)6-7-15(3)10-9(8-11)12-4-5-13-10/h4-5H,6-8,11H2,1-3H3. The lowest BCUT2D eigenvalue weighted by Gasteiger charge is -2.21. The zero-order valence-electron chi connectivity index (χ0n) is 9.64. The van der Waals surface area contributed by atoms with Gasteiger partial charge in [0.25, 0.3) is 0 Å². The van der Waals surface area contributed by atoms with Gasteiger partial charge in [0.15, 0.2) is 5.82 Å². The lowest BCUT2D eigenvalue weighted by atomic mass is 10.3. The predicted octanol–water partition coefficient (Wildman–Crippen LogP) is -0.0669. The van der Waals surface area contributed by atoms with Gasteiger partial charge in [-0.2, -0.15) is 0 Å². The fraction of sp³-hybridized carbons (Fsp3) is 0.600. The maximum Gasteiger partial charge on any atom is 0.151 e. The molecule has 1 heterocycles. The monoisotopic (exact) mass is 209 g/mol. The lowest BCUT2D eigenvalue weighted by molar-refractivity contribution is 0.416. The van der Waals surface area contributed by atoms with Gasteiger partial charge < -0.3 is 15.5 Å². The minimum absolute atomic E-state index is 0.426. The minimum atomic E-state index is 0.426. The molecule has 0 amide bonds. The Hall–Kier alpha value is -1.20. The molecular formula is C10H19N5. The van der Waals surface area contributed by atoms with Gasteiger partial charge in [-0.15, -0.1) is 0 Å². The fourth-order valence-corrected chi connectivity index (χ4v) is 1.28. The Morgan fingerprint density at radius 3 is 2.40 bits per heavy atom. The van der Waals surface area contributed by atoms with E-state index in [9.17, 15) is 0 Å². The molecule has 0 aromatic carbocycles. The summed E-state index contributed by atoms with van der Waals surface area (Å²) in [6.45, 7) is 2.32. The highest BCUT2D eigenvalue weighted by atomic mass is 15.2. The molecular weight excluding hydrogens is 190 g/mol. The molecule has 1 aromatic heterocycles. The van der Waals surface area contributed by atoms with Gasteiger partial charge in [0, 0.05) is 39.1 Å². The molecule has 0 bridgehead atoms. The van der Waals surface area contributed by atoms with Crippen LogP contribution in [0.15, 0.2) is 12.4 Å². The Bertz CT molecular complexity index is 300. The molecule has 84 valence electrons. The van der Waals surface area contributed by atoms with Crippen LogP contribution in [0.1, 0.15) is 5.69 Å². The molecule has 0 aliphatic carbocycles. The Kier molecular flexibility index (Phi) is 4.45. The molecule has 5 heteroatoms. The van der Waals surface area contributed by atoms with Crippen LogP contribution in [0.4, 0.5) is 5.82 Å². The van der Waals surface area contributed by atoms with Crippen molar-refractivity contribution in [2.75, 3.05) is 39.1 Å². The molecule has 2 N–H and O–H groups in total. The molecule has 0 spiro atoms. The van der Waals surface area contributed by atoms with E-state index in [-0.39, 0.29) is 0 Å². The third kappa shape index (κ3) is 3.45. The zero-order chi connectivity index (χ0) is 11.3. The van der Waals surface area contributed by atoms with Crippen molar-refractivity contribution in [2.45, 2.75) is 6.54 Å². The third-order valence-corrected chi connectivity index (χ3v) is 2.19. The summed E-state index contributed by atoms with van der Waals surface area (Å²) in [5.74, 6) is 0.877. The molecule has 0 fully saturated rings. The number of hydrogen-bond donors (Lipinski definition) is 1. The van der Waals surface area contributed by atoms with Crippen LogP contribution in [0.25, 0.3) is 0 Å². The fourth-order valence-electron chi connectivity index (χ4n) is 1.28. The molecule has 1 aromatic rings. The van der Waals surface area contributed by atoms with Crippen LogP contribution in [-0.4, -0.2) is 49.1 Å². The number of aromatic nitrogens is 2. The number of nitrogens with zero attached hydrogens (tertiary/aromatic N) is 4. The summed E-state index contributed by atoms with van der Waals surface area (Å²) in [4.78, 5) is 12.7.